The summed E-state index contributed by atoms with van der Waals surface area (Å²) in [7, 11) is 0. The number of hydrogen-bond acceptors (Lipinski definition) is 4. The maximum atomic E-state index is 9.85. The van der Waals surface area contributed by atoms with Gasteiger partial charge in [-0.25, -0.2) is 4.68 Å². The van der Waals surface area contributed by atoms with Crippen LogP contribution in [0, 0.1) is 0 Å². The number of aryl methyl sites for hydroxylation is 1. The van der Waals surface area contributed by atoms with E-state index in [1.807, 2.05) is 0 Å². The molecule has 6 heteroatoms. The molecule has 0 radical (unpaired) electrons. The Morgan fingerprint density at radius 1 is 1.67 bits per heavy atom. The standard InChI is InChI=1S/C9H14ClN3O2/c10-8-7(6(14)2-3-11)9-13(12-8)4-1-5-15-9/h6,14H,1-5,11H2. The molecule has 0 aliphatic carbocycles. The van der Waals surface area contributed by atoms with Crippen molar-refractivity contribution < 1.29 is 9.84 Å². The van der Waals surface area contributed by atoms with Crippen LogP contribution in [0.1, 0.15) is 24.5 Å². The van der Waals surface area contributed by atoms with E-state index >= 15 is 0 Å². The van der Waals surface area contributed by atoms with Crippen molar-refractivity contribution in [2.24, 2.45) is 5.73 Å². The van der Waals surface area contributed by atoms with Crippen LogP contribution in [0.25, 0.3) is 0 Å². The number of hydrogen-bond donors (Lipinski definition) is 2. The average Bonchev–Trinajstić information content (AvgIpc) is 2.54. The van der Waals surface area contributed by atoms with Crippen molar-refractivity contribution in [3.05, 3.63) is 10.7 Å². The molecule has 2 heterocycles. The molecule has 1 aliphatic rings. The summed E-state index contributed by atoms with van der Waals surface area (Å²) in [6.45, 7) is 1.83. The molecule has 1 aromatic heterocycles. The third kappa shape index (κ3) is 1.95. The van der Waals surface area contributed by atoms with Gasteiger partial charge in [-0.3, -0.25) is 0 Å². The number of fused-ring (bicyclic) bond motifs is 1. The monoisotopic (exact) mass is 231 g/mol. The van der Waals surface area contributed by atoms with Crippen LogP contribution in [0.4, 0.5) is 0 Å². The highest BCUT2D eigenvalue weighted by molar-refractivity contribution is 6.30. The van der Waals surface area contributed by atoms with Gasteiger partial charge in [-0.15, -0.1) is 0 Å². The van der Waals surface area contributed by atoms with Crippen molar-refractivity contribution in [1.82, 2.24) is 9.78 Å². The second kappa shape index (κ2) is 4.38. The zero-order valence-corrected chi connectivity index (χ0v) is 9.07. The molecule has 0 saturated heterocycles. The second-order valence-electron chi connectivity index (χ2n) is 3.53. The lowest BCUT2D eigenvalue weighted by atomic mass is 10.1. The van der Waals surface area contributed by atoms with Crippen molar-refractivity contribution in [2.45, 2.75) is 25.5 Å². The summed E-state index contributed by atoms with van der Waals surface area (Å²) in [5, 5.41) is 14.3. The van der Waals surface area contributed by atoms with Crippen LogP contribution in [0.5, 0.6) is 5.88 Å². The number of ether oxygens (including phenoxy) is 1. The van der Waals surface area contributed by atoms with Crippen molar-refractivity contribution in [1.29, 1.82) is 0 Å². The van der Waals surface area contributed by atoms with E-state index < -0.39 is 6.10 Å². The van der Waals surface area contributed by atoms with Crippen LogP contribution in [0.2, 0.25) is 5.15 Å². The first-order valence-electron chi connectivity index (χ1n) is 5.01. The highest BCUT2D eigenvalue weighted by Crippen LogP contribution is 2.35. The van der Waals surface area contributed by atoms with E-state index in [9.17, 15) is 5.11 Å². The van der Waals surface area contributed by atoms with E-state index in [1.165, 1.54) is 0 Å². The molecule has 1 atom stereocenters. The number of rotatable bonds is 3. The topological polar surface area (TPSA) is 73.3 Å². The first-order valence-corrected chi connectivity index (χ1v) is 5.39. The van der Waals surface area contributed by atoms with Crippen molar-refractivity contribution in [3.63, 3.8) is 0 Å². The van der Waals surface area contributed by atoms with E-state index in [1.54, 1.807) is 4.68 Å². The van der Waals surface area contributed by atoms with Gasteiger partial charge < -0.3 is 15.6 Å². The summed E-state index contributed by atoms with van der Waals surface area (Å²) in [4.78, 5) is 0. The lowest BCUT2D eigenvalue weighted by molar-refractivity contribution is 0.157. The molecular weight excluding hydrogens is 218 g/mol. The third-order valence-electron chi connectivity index (χ3n) is 2.42. The SMILES string of the molecule is NCCC(O)c1c(Cl)nn2c1OCCC2. The summed E-state index contributed by atoms with van der Waals surface area (Å²) in [6, 6.07) is 0. The minimum absolute atomic E-state index is 0.313. The summed E-state index contributed by atoms with van der Waals surface area (Å²) < 4.78 is 7.15. The molecule has 3 N–H and O–H groups in total. The van der Waals surface area contributed by atoms with Crippen LogP contribution < -0.4 is 10.5 Å². The average molecular weight is 232 g/mol. The number of nitrogens with zero attached hydrogens (tertiary/aromatic N) is 2. The van der Waals surface area contributed by atoms with Gasteiger partial charge in [-0.2, -0.15) is 5.10 Å². The predicted octanol–water partition coefficient (Wildman–Crippen LogP) is 0.701. The minimum atomic E-state index is -0.690. The number of aliphatic hydroxyl groups is 1. The van der Waals surface area contributed by atoms with Crippen molar-refractivity contribution >= 4 is 11.6 Å². The molecule has 15 heavy (non-hydrogen) atoms. The molecule has 1 aliphatic heterocycles. The third-order valence-corrected chi connectivity index (χ3v) is 2.70. The molecule has 2 rings (SSSR count). The molecule has 0 fully saturated rings. The van der Waals surface area contributed by atoms with Crippen LogP contribution in [0.3, 0.4) is 0 Å². The van der Waals surface area contributed by atoms with Crippen molar-refractivity contribution in [2.75, 3.05) is 13.2 Å². The van der Waals surface area contributed by atoms with Gasteiger partial charge in [-0.1, -0.05) is 11.6 Å². The van der Waals surface area contributed by atoms with Crippen LogP contribution >= 0.6 is 11.6 Å². The maximum absolute atomic E-state index is 9.85. The Morgan fingerprint density at radius 2 is 2.47 bits per heavy atom. The molecule has 0 spiro atoms. The summed E-state index contributed by atoms with van der Waals surface area (Å²) in [6.07, 6.45) is 0.684. The Balaban J connectivity index is 2.32. The molecule has 84 valence electrons. The Kier molecular flexibility index (Phi) is 3.14. The van der Waals surface area contributed by atoms with Gasteiger partial charge in [0.1, 0.15) is 0 Å². The highest BCUT2D eigenvalue weighted by Gasteiger charge is 2.25. The summed E-state index contributed by atoms with van der Waals surface area (Å²) in [5.74, 6) is 0.590. The number of nitrogens with two attached hydrogens (primary N) is 1. The molecule has 0 amide bonds. The van der Waals surface area contributed by atoms with Gasteiger partial charge in [0.15, 0.2) is 5.15 Å². The van der Waals surface area contributed by atoms with Gasteiger partial charge >= 0.3 is 0 Å². The quantitative estimate of drug-likeness (QED) is 0.803. The lowest BCUT2D eigenvalue weighted by Gasteiger charge is -2.17. The number of aromatic nitrogens is 2. The Bertz CT molecular complexity index is 353. The van der Waals surface area contributed by atoms with E-state index in [0.29, 0.717) is 36.2 Å². The number of aliphatic hydroxyl groups excluding tert-OH is 1. The Hall–Kier alpha value is -0.780. The van der Waals surface area contributed by atoms with Crippen LogP contribution in [-0.2, 0) is 6.54 Å². The molecule has 0 bridgehead atoms. The second-order valence-corrected chi connectivity index (χ2v) is 3.89. The fraction of sp³-hybridized carbons (Fsp3) is 0.667. The summed E-state index contributed by atoms with van der Waals surface area (Å²) in [5.41, 5.74) is 5.96. The van der Waals surface area contributed by atoms with Crippen molar-refractivity contribution in [3.8, 4) is 5.88 Å². The molecule has 1 unspecified atom stereocenters. The zero-order valence-electron chi connectivity index (χ0n) is 8.32. The lowest BCUT2D eigenvalue weighted by Crippen LogP contribution is -2.16. The smallest absolute Gasteiger partial charge is 0.219 e. The minimum Gasteiger partial charge on any atom is -0.477 e. The predicted molar refractivity (Wildman–Crippen MR) is 56.0 cm³/mol. The van der Waals surface area contributed by atoms with E-state index in [-0.39, 0.29) is 0 Å². The molecule has 1 aromatic rings. The van der Waals surface area contributed by atoms with Crippen LogP contribution in [0.15, 0.2) is 0 Å². The molecular formula is C9H14ClN3O2. The van der Waals surface area contributed by atoms with Crippen LogP contribution in [-0.4, -0.2) is 28.0 Å². The van der Waals surface area contributed by atoms with E-state index in [2.05, 4.69) is 5.10 Å². The van der Waals surface area contributed by atoms with E-state index in [0.717, 1.165) is 13.0 Å². The largest absolute Gasteiger partial charge is 0.477 e. The first-order chi connectivity index (χ1) is 7.24. The summed E-state index contributed by atoms with van der Waals surface area (Å²) >= 11 is 5.95. The van der Waals surface area contributed by atoms with Gasteiger partial charge in [0.2, 0.25) is 5.88 Å². The first kappa shape index (κ1) is 10.7. The van der Waals surface area contributed by atoms with Gasteiger partial charge in [0.05, 0.1) is 18.3 Å². The number of halogens is 1. The normalized spacial score (nSPS) is 17.0. The highest BCUT2D eigenvalue weighted by atomic mass is 35.5. The zero-order chi connectivity index (χ0) is 10.8. The Labute approximate surface area is 92.8 Å². The molecule has 5 nitrogen and oxygen atoms in total. The van der Waals surface area contributed by atoms with Gasteiger partial charge in [0, 0.05) is 13.0 Å². The Morgan fingerprint density at radius 3 is 3.20 bits per heavy atom. The maximum Gasteiger partial charge on any atom is 0.219 e. The fourth-order valence-corrected chi connectivity index (χ4v) is 2.00. The van der Waals surface area contributed by atoms with Gasteiger partial charge in [0.25, 0.3) is 0 Å². The van der Waals surface area contributed by atoms with E-state index in [4.69, 9.17) is 22.1 Å². The molecule has 0 saturated carbocycles. The molecule has 0 aromatic carbocycles. The fourth-order valence-electron chi connectivity index (χ4n) is 1.70. The van der Waals surface area contributed by atoms with Gasteiger partial charge in [-0.05, 0) is 13.0 Å².